The Morgan fingerprint density at radius 3 is 2.63 bits per heavy atom. The number of fused-ring (bicyclic) bond motifs is 1. The van der Waals surface area contributed by atoms with Gasteiger partial charge in [0, 0.05) is 12.2 Å². The number of amides is 1. The standard InChI is InChI=1S/C22H24BrNO6/c1-4-29-21-17(23)11-15(12-19(21)28-3)22(26)30-13-20(25)24-9-5-6-14-10-16(27-2)7-8-18(14)24/h7-8,10-12H,4-6,9,13H2,1-3H3. The molecule has 7 nitrogen and oxygen atoms in total. The number of carbonyl (C=O) groups excluding carboxylic acids is 2. The summed E-state index contributed by atoms with van der Waals surface area (Å²) in [6.45, 7) is 2.54. The van der Waals surface area contributed by atoms with E-state index >= 15 is 0 Å². The quantitative estimate of drug-likeness (QED) is 0.561. The lowest BCUT2D eigenvalue weighted by atomic mass is 10.0. The van der Waals surface area contributed by atoms with Gasteiger partial charge in [0.15, 0.2) is 18.1 Å². The van der Waals surface area contributed by atoms with Crippen LogP contribution in [0.4, 0.5) is 5.69 Å². The van der Waals surface area contributed by atoms with Crippen molar-refractivity contribution in [1.82, 2.24) is 0 Å². The van der Waals surface area contributed by atoms with Crippen LogP contribution in [0.25, 0.3) is 0 Å². The van der Waals surface area contributed by atoms with Crippen LogP contribution in [0.3, 0.4) is 0 Å². The molecule has 1 heterocycles. The maximum absolute atomic E-state index is 12.7. The summed E-state index contributed by atoms with van der Waals surface area (Å²) < 4.78 is 21.9. The zero-order valence-electron chi connectivity index (χ0n) is 17.2. The molecule has 0 aliphatic carbocycles. The lowest BCUT2D eigenvalue weighted by Gasteiger charge is -2.29. The van der Waals surface area contributed by atoms with Crippen molar-refractivity contribution in [2.24, 2.45) is 0 Å². The van der Waals surface area contributed by atoms with Crippen LogP contribution >= 0.6 is 15.9 Å². The number of aryl methyl sites for hydroxylation is 1. The minimum Gasteiger partial charge on any atom is -0.497 e. The molecule has 0 fully saturated rings. The highest BCUT2D eigenvalue weighted by molar-refractivity contribution is 9.10. The molecule has 0 aromatic heterocycles. The molecule has 0 N–H and O–H groups in total. The highest BCUT2D eigenvalue weighted by Gasteiger charge is 2.24. The summed E-state index contributed by atoms with van der Waals surface area (Å²) in [6, 6.07) is 8.74. The third-order valence-electron chi connectivity index (χ3n) is 4.79. The SMILES string of the molecule is CCOc1c(Br)cc(C(=O)OCC(=O)N2CCCc3cc(OC)ccc32)cc1OC. The molecule has 8 heteroatoms. The van der Waals surface area contributed by atoms with Crippen LogP contribution < -0.4 is 19.1 Å². The maximum Gasteiger partial charge on any atom is 0.338 e. The molecule has 3 rings (SSSR count). The molecule has 2 aromatic rings. The Hall–Kier alpha value is -2.74. The summed E-state index contributed by atoms with van der Waals surface area (Å²) >= 11 is 3.38. The van der Waals surface area contributed by atoms with Crippen molar-refractivity contribution in [2.45, 2.75) is 19.8 Å². The molecule has 0 spiro atoms. The smallest absolute Gasteiger partial charge is 0.338 e. The third-order valence-corrected chi connectivity index (χ3v) is 5.38. The fourth-order valence-electron chi connectivity index (χ4n) is 3.37. The van der Waals surface area contributed by atoms with E-state index in [1.165, 1.54) is 13.2 Å². The molecule has 1 aliphatic rings. The van der Waals surface area contributed by atoms with Gasteiger partial charge in [-0.3, -0.25) is 4.79 Å². The fraction of sp³-hybridized carbons (Fsp3) is 0.364. The topological polar surface area (TPSA) is 74.3 Å². The number of anilines is 1. The van der Waals surface area contributed by atoms with Gasteiger partial charge in [-0.2, -0.15) is 0 Å². The van der Waals surface area contributed by atoms with Gasteiger partial charge < -0.3 is 23.8 Å². The Labute approximate surface area is 184 Å². The van der Waals surface area contributed by atoms with Crippen LogP contribution in [0.2, 0.25) is 0 Å². The van der Waals surface area contributed by atoms with E-state index in [1.807, 2.05) is 25.1 Å². The predicted molar refractivity (Wildman–Crippen MR) is 116 cm³/mol. The molecule has 0 saturated carbocycles. The van der Waals surface area contributed by atoms with Gasteiger partial charge in [0.2, 0.25) is 0 Å². The minimum absolute atomic E-state index is 0.263. The van der Waals surface area contributed by atoms with Gasteiger partial charge >= 0.3 is 5.97 Å². The normalized spacial score (nSPS) is 12.7. The zero-order chi connectivity index (χ0) is 21.7. The van der Waals surface area contributed by atoms with Crippen molar-refractivity contribution >= 4 is 33.5 Å². The summed E-state index contributed by atoms with van der Waals surface area (Å²) in [5, 5.41) is 0. The third kappa shape index (κ3) is 4.70. The van der Waals surface area contributed by atoms with Crippen molar-refractivity contribution in [3.63, 3.8) is 0 Å². The first-order valence-corrected chi connectivity index (χ1v) is 10.4. The molecular weight excluding hydrogens is 454 g/mol. The number of rotatable bonds is 7. The first-order valence-electron chi connectivity index (χ1n) is 9.63. The summed E-state index contributed by atoms with van der Waals surface area (Å²) in [6.07, 6.45) is 1.71. The highest BCUT2D eigenvalue weighted by atomic mass is 79.9. The van der Waals surface area contributed by atoms with Crippen LogP contribution in [0.5, 0.6) is 17.2 Å². The van der Waals surface area contributed by atoms with Gasteiger partial charge in [-0.1, -0.05) is 0 Å². The molecule has 1 amide bonds. The number of benzene rings is 2. The molecule has 0 bridgehead atoms. The number of methoxy groups -OCH3 is 2. The highest BCUT2D eigenvalue weighted by Crippen LogP contribution is 2.37. The van der Waals surface area contributed by atoms with E-state index in [0.717, 1.165) is 29.8 Å². The second-order valence-electron chi connectivity index (χ2n) is 6.64. The van der Waals surface area contributed by atoms with Crippen LogP contribution in [0.1, 0.15) is 29.3 Å². The second-order valence-corrected chi connectivity index (χ2v) is 7.50. The first-order chi connectivity index (χ1) is 14.5. The van der Waals surface area contributed by atoms with Crippen LogP contribution in [-0.4, -0.2) is 45.9 Å². The van der Waals surface area contributed by atoms with E-state index in [0.29, 0.717) is 29.1 Å². The molecular formula is C22H24BrNO6. The molecule has 1 aliphatic heterocycles. The number of halogens is 1. The average molecular weight is 478 g/mol. The van der Waals surface area contributed by atoms with Gasteiger partial charge in [-0.05, 0) is 71.6 Å². The minimum atomic E-state index is -0.614. The van der Waals surface area contributed by atoms with Crippen molar-refractivity contribution < 1.29 is 28.5 Å². The Kier molecular flexibility index (Phi) is 7.20. The van der Waals surface area contributed by atoms with Crippen molar-refractivity contribution in [1.29, 1.82) is 0 Å². The van der Waals surface area contributed by atoms with E-state index in [-0.39, 0.29) is 18.1 Å². The molecule has 0 radical (unpaired) electrons. The Morgan fingerprint density at radius 2 is 1.93 bits per heavy atom. The van der Waals surface area contributed by atoms with E-state index in [1.54, 1.807) is 18.1 Å². The second kappa shape index (κ2) is 9.84. The average Bonchev–Trinajstić information content (AvgIpc) is 2.77. The Morgan fingerprint density at radius 1 is 1.13 bits per heavy atom. The van der Waals surface area contributed by atoms with Crippen LogP contribution in [0.15, 0.2) is 34.8 Å². The zero-order valence-corrected chi connectivity index (χ0v) is 18.8. The van der Waals surface area contributed by atoms with Gasteiger partial charge in [-0.15, -0.1) is 0 Å². The lowest BCUT2D eigenvalue weighted by Crippen LogP contribution is -2.38. The number of hydrogen-bond donors (Lipinski definition) is 0. The number of esters is 1. The Balaban J connectivity index is 1.70. The Bertz CT molecular complexity index is 945. The molecule has 0 atom stereocenters. The number of carbonyl (C=O) groups is 2. The van der Waals surface area contributed by atoms with Crippen molar-refractivity contribution in [3.05, 3.63) is 45.9 Å². The van der Waals surface area contributed by atoms with Gasteiger partial charge in [-0.25, -0.2) is 4.79 Å². The summed E-state index contributed by atoms with van der Waals surface area (Å²) in [7, 11) is 3.10. The van der Waals surface area contributed by atoms with Crippen LogP contribution in [0, 0.1) is 0 Å². The maximum atomic E-state index is 12.7. The number of nitrogens with zero attached hydrogens (tertiary/aromatic N) is 1. The summed E-state index contributed by atoms with van der Waals surface area (Å²) in [5.41, 5.74) is 2.13. The first kappa shape index (κ1) is 22.0. The fourth-order valence-corrected chi connectivity index (χ4v) is 3.93. The molecule has 0 saturated heterocycles. The molecule has 30 heavy (non-hydrogen) atoms. The largest absolute Gasteiger partial charge is 0.497 e. The van der Waals surface area contributed by atoms with E-state index in [9.17, 15) is 9.59 Å². The number of hydrogen-bond acceptors (Lipinski definition) is 6. The lowest BCUT2D eigenvalue weighted by molar-refractivity contribution is -0.121. The van der Waals surface area contributed by atoms with E-state index in [4.69, 9.17) is 18.9 Å². The predicted octanol–water partition coefficient (Wildman–Crippen LogP) is 4.00. The van der Waals surface area contributed by atoms with Gasteiger partial charge in [0.05, 0.1) is 30.9 Å². The monoisotopic (exact) mass is 477 g/mol. The van der Waals surface area contributed by atoms with Crippen molar-refractivity contribution in [2.75, 3.05) is 38.9 Å². The van der Waals surface area contributed by atoms with Gasteiger partial charge in [0.1, 0.15) is 5.75 Å². The number of ether oxygens (including phenoxy) is 4. The molecule has 2 aromatic carbocycles. The summed E-state index contributed by atoms with van der Waals surface area (Å²) in [4.78, 5) is 26.9. The van der Waals surface area contributed by atoms with E-state index < -0.39 is 5.97 Å². The molecule has 160 valence electrons. The molecule has 0 unspecified atom stereocenters. The van der Waals surface area contributed by atoms with E-state index in [2.05, 4.69) is 15.9 Å². The van der Waals surface area contributed by atoms with Crippen molar-refractivity contribution in [3.8, 4) is 17.2 Å². The van der Waals surface area contributed by atoms with Gasteiger partial charge in [0.25, 0.3) is 5.91 Å². The van der Waals surface area contributed by atoms with Crippen LogP contribution in [-0.2, 0) is 16.0 Å². The summed E-state index contributed by atoms with van der Waals surface area (Å²) in [5.74, 6) is 0.782.